The highest BCUT2D eigenvalue weighted by atomic mass is 32.1. The Kier molecular flexibility index (Phi) is 10.4. The molecule has 0 atom stereocenters. The van der Waals surface area contributed by atoms with Gasteiger partial charge in [0.05, 0.1) is 39.7 Å². The molecule has 0 aliphatic rings. The number of thiazole rings is 1. The van der Waals surface area contributed by atoms with Gasteiger partial charge in [-0.2, -0.15) is 0 Å². The van der Waals surface area contributed by atoms with Crippen molar-refractivity contribution in [1.29, 1.82) is 0 Å². The summed E-state index contributed by atoms with van der Waals surface area (Å²) in [6, 6.07) is 35.7. The van der Waals surface area contributed by atoms with Gasteiger partial charge in [0.15, 0.2) is 11.6 Å². The molecular formula is C43H32N4O7S. The molecule has 272 valence electrons. The van der Waals surface area contributed by atoms with Gasteiger partial charge in [-0.1, -0.05) is 61.2 Å². The molecule has 2 aromatic heterocycles. The monoisotopic (exact) mass is 748 g/mol. The molecule has 0 saturated carbocycles. The van der Waals surface area contributed by atoms with Gasteiger partial charge in [-0.3, -0.25) is 4.79 Å². The molecular weight excluding hydrogens is 717 g/mol. The Bertz CT molecular complexity index is 2590. The van der Waals surface area contributed by atoms with Gasteiger partial charge in [-0.05, 0) is 79.7 Å². The Labute approximate surface area is 319 Å². The number of carbonyl (C=O) groups excluding carboxylic acids is 3. The first-order valence-electron chi connectivity index (χ1n) is 17.0. The van der Waals surface area contributed by atoms with Crippen molar-refractivity contribution in [3.05, 3.63) is 151 Å². The second kappa shape index (κ2) is 15.8. The van der Waals surface area contributed by atoms with E-state index in [4.69, 9.17) is 34.0 Å². The summed E-state index contributed by atoms with van der Waals surface area (Å²) in [7, 11) is 1.42. The molecule has 0 radical (unpaired) electrons. The number of nitrogens with zero attached hydrogens (tertiary/aromatic N) is 4. The standard InChI is InChI=1S/C43H32N4O7S/c1-5-30(26(2)51-4)42(49)54-36-19-11-7-15-32(36)40-45-39(31-14-6-10-18-35(31)53-43(50)33-16-8-12-20-37(33)52-27(3)48)46-47(40)29-24-22-28(23-25-29)41-44-34-17-9-13-21-38(34)55-41/h5-25H,2H2,1,3-4H3/b30-5+. The molecule has 0 spiro atoms. The number of allylic oxidation sites excluding steroid dienone is 1. The van der Waals surface area contributed by atoms with Crippen LogP contribution in [0.1, 0.15) is 24.2 Å². The van der Waals surface area contributed by atoms with Gasteiger partial charge in [0, 0.05) is 12.5 Å². The minimum Gasteiger partial charge on any atom is -0.496 e. The first-order chi connectivity index (χ1) is 26.7. The molecule has 0 aliphatic heterocycles. The van der Waals surface area contributed by atoms with Crippen LogP contribution >= 0.6 is 11.3 Å². The SMILES string of the molecule is C=C(OC)/C(=C\C)C(=O)Oc1ccccc1-c1nc(-c2ccccc2OC(=O)c2ccccc2OC(C)=O)nn1-c1ccc(-c2nc3ccccc3s2)cc1. The molecule has 0 fully saturated rings. The number of ether oxygens (including phenoxy) is 4. The summed E-state index contributed by atoms with van der Waals surface area (Å²) in [4.78, 5) is 48.3. The predicted molar refractivity (Wildman–Crippen MR) is 209 cm³/mol. The largest absolute Gasteiger partial charge is 0.496 e. The zero-order chi connectivity index (χ0) is 38.5. The van der Waals surface area contributed by atoms with E-state index in [2.05, 4.69) is 6.58 Å². The fraction of sp³-hybridized carbons (Fsp3) is 0.0698. The summed E-state index contributed by atoms with van der Waals surface area (Å²) in [6.45, 7) is 6.74. The molecule has 55 heavy (non-hydrogen) atoms. The summed E-state index contributed by atoms with van der Waals surface area (Å²) in [5, 5.41) is 5.79. The molecule has 0 bridgehead atoms. The average molecular weight is 749 g/mol. The Morgan fingerprint density at radius 1 is 0.727 bits per heavy atom. The van der Waals surface area contributed by atoms with E-state index >= 15 is 0 Å². The van der Waals surface area contributed by atoms with Crippen molar-refractivity contribution < 1.29 is 33.3 Å². The summed E-state index contributed by atoms with van der Waals surface area (Å²) in [5.74, 6) is -0.844. The van der Waals surface area contributed by atoms with E-state index < -0.39 is 17.9 Å². The Morgan fingerprint density at radius 2 is 1.36 bits per heavy atom. The highest BCUT2D eigenvalue weighted by Gasteiger charge is 2.24. The fourth-order valence-electron chi connectivity index (χ4n) is 5.69. The lowest BCUT2D eigenvalue weighted by molar-refractivity contribution is -0.132. The van der Waals surface area contributed by atoms with E-state index in [0.29, 0.717) is 22.6 Å². The van der Waals surface area contributed by atoms with Crippen molar-refractivity contribution in [2.75, 3.05) is 7.11 Å². The van der Waals surface area contributed by atoms with E-state index in [1.165, 1.54) is 26.2 Å². The van der Waals surface area contributed by atoms with E-state index in [1.54, 1.807) is 89.7 Å². The lowest BCUT2D eigenvalue weighted by Crippen LogP contribution is -2.14. The lowest BCUT2D eigenvalue weighted by atomic mass is 10.1. The molecule has 5 aromatic carbocycles. The molecule has 12 heteroatoms. The van der Waals surface area contributed by atoms with E-state index in [1.807, 2.05) is 48.5 Å². The molecule has 11 nitrogen and oxygen atoms in total. The van der Waals surface area contributed by atoms with Crippen LogP contribution in [0, 0.1) is 0 Å². The maximum atomic E-state index is 13.5. The number of methoxy groups -OCH3 is 1. The van der Waals surface area contributed by atoms with Crippen LogP contribution in [0.15, 0.2) is 145 Å². The molecule has 0 aliphatic carbocycles. The number of aromatic nitrogens is 4. The molecule has 0 saturated heterocycles. The molecule has 7 aromatic rings. The topological polar surface area (TPSA) is 132 Å². The molecule has 0 N–H and O–H groups in total. The number of para-hydroxylation sites is 4. The Hall–Kier alpha value is -7.18. The zero-order valence-corrected chi connectivity index (χ0v) is 30.7. The second-order valence-corrected chi connectivity index (χ2v) is 12.9. The molecule has 0 amide bonds. The fourth-order valence-corrected chi connectivity index (χ4v) is 6.66. The maximum absolute atomic E-state index is 13.5. The summed E-state index contributed by atoms with van der Waals surface area (Å²) in [6.07, 6.45) is 1.56. The quantitative estimate of drug-likeness (QED) is 0.0415. The van der Waals surface area contributed by atoms with Crippen LogP contribution in [0.25, 0.3) is 49.3 Å². The van der Waals surface area contributed by atoms with Gasteiger partial charge in [-0.25, -0.2) is 24.2 Å². The van der Waals surface area contributed by atoms with Crippen molar-refractivity contribution >= 4 is 39.5 Å². The lowest BCUT2D eigenvalue weighted by Gasteiger charge is -2.13. The van der Waals surface area contributed by atoms with Gasteiger partial charge in [0.2, 0.25) is 0 Å². The summed E-state index contributed by atoms with van der Waals surface area (Å²) >= 11 is 1.60. The summed E-state index contributed by atoms with van der Waals surface area (Å²) in [5.41, 5.74) is 3.56. The number of hydrogen-bond donors (Lipinski definition) is 0. The van der Waals surface area contributed by atoms with Gasteiger partial charge >= 0.3 is 17.9 Å². The number of carbonyl (C=O) groups is 3. The van der Waals surface area contributed by atoms with Crippen LogP contribution < -0.4 is 14.2 Å². The van der Waals surface area contributed by atoms with Gasteiger partial charge in [0.1, 0.15) is 33.6 Å². The van der Waals surface area contributed by atoms with E-state index in [0.717, 1.165) is 20.8 Å². The number of esters is 3. The second-order valence-electron chi connectivity index (χ2n) is 11.9. The number of fused-ring (bicyclic) bond motifs is 1. The van der Waals surface area contributed by atoms with Crippen molar-refractivity contribution in [3.8, 4) is 56.3 Å². The van der Waals surface area contributed by atoms with Gasteiger partial charge in [-0.15, -0.1) is 16.4 Å². The van der Waals surface area contributed by atoms with Crippen molar-refractivity contribution in [1.82, 2.24) is 19.7 Å². The number of benzene rings is 5. The number of hydrogen-bond acceptors (Lipinski definition) is 11. The highest BCUT2D eigenvalue weighted by molar-refractivity contribution is 7.21. The normalized spacial score (nSPS) is 11.2. The molecule has 7 rings (SSSR count). The van der Waals surface area contributed by atoms with Crippen LogP contribution in [0.4, 0.5) is 0 Å². The Balaban J connectivity index is 1.31. The van der Waals surface area contributed by atoms with E-state index in [-0.39, 0.29) is 40.0 Å². The maximum Gasteiger partial charge on any atom is 0.347 e. The first-order valence-corrected chi connectivity index (χ1v) is 17.8. The van der Waals surface area contributed by atoms with Crippen LogP contribution in [0.2, 0.25) is 0 Å². The predicted octanol–water partition coefficient (Wildman–Crippen LogP) is 9.03. The third-order valence-electron chi connectivity index (χ3n) is 8.34. The summed E-state index contributed by atoms with van der Waals surface area (Å²) < 4.78 is 25.0. The minimum absolute atomic E-state index is 0.0623. The van der Waals surface area contributed by atoms with Crippen LogP contribution in [0.3, 0.4) is 0 Å². The molecule has 0 unspecified atom stereocenters. The number of rotatable bonds is 11. The smallest absolute Gasteiger partial charge is 0.347 e. The minimum atomic E-state index is -0.746. The van der Waals surface area contributed by atoms with Gasteiger partial charge in [0.25, 0.3) is 0 Å². The van der Waals surface area contributed by atoms with Crippen molar-refractivity contribution in [3.63, 3.8) is 0 Å². The first kappa shape index (κ1) is 36.2. The van der Waals surface area contributed by atoms with Gasteiger partial charge < -0.3 is 18.9 Å². The average Bonchev–Trinajstić information content (AvgIpc) is 3.84. The van der Waals surface area contributed by atoms with E-state index in [9.17, 15) is 14.4 Å². The highest BCUT2D eigenvalue weighted by Crippen LogP contribution is 2.37. The molecule has 2 heterocycles. The van der Waals surface area contributed by atoms with Crippen molar-refractivity contribution in [2.24, 2.45) is 0 Å². The van der Waals surface area contributed by atoms with Crippen LogP contribution in [-0.2, 0) is 14.3 Å². The third-order valence-corrected chi connectivity index (χ3v) is 9.42. The zero-order valence-electron chi connectivity index (χ0n) is 29.9. The van der Waals surface area contributed by atoms with Crippen molar-refractivity contribution in [2.45, 2.75) is 13.8 Å². The van der Waals surface area contributed by atoms with Crippen LogP contribution in [0.5, 0.6) is 17.2 Å². The Morgan fingerprint density at radius 3 is 2.05 bits per heavy atom. The third kappa shape index (κ3) is 7.66. The van der Waals surface area contributed by atoms with Crippen LogP contribution in [-0.4, -0.2) is 44.8 Å².